The quantitative estimate of drug-likeness (QED) is 0.534. The maximum atomic E-state index is 12.0. The van der Waals surface area contributed by atoms with Gasteiger partial charge in [0.15, 0.2) is 0 Å². The van der Waals surface area contributed by atoms with Gasteiger partial charge in [-0.2, -0.15) is 13.2 Å². The first-order valence-corrected chi connectivity index (χ1v) is 5.44. The molecule has 4 heteroatoms. The van der Waals surface area contributed by atoms with Gasteiger partial charge in [0.05, 0.1) is 6.42 Å². The van der Waals surface area contributed by atoms with Crippen LogP contribution in [0, 0.1) is 5.92 Å². The molecule has 1 aliphatic carbocycles. The van der Waals surface area contributed by atoms with E-state index in [1.807, 2.05) is 22.6 Å². The number of rotatable bonds is 2. The van der Waals surface area contributed by atoms with Gasteiger partial charge in [0.2, 0.25) is 0 Å². The van der Waals surface area contributed by atoms with E-state index >= 15 is 0 Å². The van der Waals surface area contributed by atoms with Gasteiger partial charge in [-0.25, -0.2) is 0 Å². The summed E-state index contributed by atoms with van der Waals surface area (Å²) in [7, 11) is 0. The monoisotopic (exact) mass is 292 g/mol. The Labute approximate surface area is 84.0 Å². The number of alkyl halides is 4. The molecule has 0 saturated heterocycles. The summed E-state index contributed by atoms with van der Waals surface area (Å²) < 4.78 is 35.7. The van der Waals surface area contributed by atoms with E-state index in [1.54, 1.807) is 0 Å². The largest absolute Gasteiger partial charge is 0.390 e. The molecule has 1 unspecified atom stereocenters. The molecule has 0 N–H and O–H groups in total. The van der Waals surface area contributed by atoms with Gasteiger partial charge in [0.1, 0.15) is 0 Å². The Bertz CT molecular complexity index is 138. The molecule has 72 valence electrons. The first-order valence-electron chi connectivity index (χ1n) is 4.20. The Kier molecular flexibility index (Phi) is 3.67. The van der Waals surface area contributed by atoms with Crippen molar-refractivity contribution in [2.45, 2.75) is 42.2 Å². The topological polar surface area (TPSA) is 0 Å². The minimum Gasteiger partial charge on any atom is -0.171 e. The van der Waals surface area contributed by atoms with E-state index in [1.165, 1.54) is 0 Å². The average Bonchev–Trinajstić information content (AvgIpc) is 2.32. The molecule has 0 nitrogen and oxygen atoms in total. The highest BCUT2D eigenvalue weighted by Crippen LogP contribution is 2.37. The molecule has 0 spiro atoms. The van der Waals surface area contributed by atoms with Crippen LogP contribution in [0.25, 0.3) is 0 Å². The fourth-order valence-corrected chi connectivity index (χ4v) is 2.93. The van der Waals surface area contributed by atoms with Crippen molar-refractivity contribution in [3.63, 3.8) is 0 Å². The molecule has 12 heavy (non-hydrogen) atoms. The van der Waals surface area contributed by atoms with Crippen LogP contribution in [0.5, 0.6) is 0 Å². The van der Waals surface area contributed by atoms with E-state index in [0.29, 0.717) is 5.92 Å². The Hall–Kier alpha value is 0.520. The lowest BCUT2D eigenvalue weighted by atomic mass is 10.0. The molecule has 0 radical (unpaired) electrons. The lowest BCUT2D eigenvalue weighted by Crippen LogP contribution is -2.20. The normalized spacial score (nSPS) is 23.0. The van der Waals surface area contributed by atoms with Crippen LogP contribution in [0.4, 0.5) is 13.2 Å². The smallest absolute Gasteiger partial charge is 0.171 e. The summed E-state index contributed by atoms with van der Waals surface area (Å²) in [6.07, 6.45) is -0.385. The first kappa shape index (κ1) is 10.6. The zero-order valence-corrected chi connectivity index (χ0v) is 8.86. The summed E-state index contributed by atoms with van der Waals surface area (Å²) in [6.45, 7) is 0. The second kappa shape index (κ2) is 4.15. The molecule has 0 bridgehead atoms. The highest BCUT2D eigenvalue weighted by atomic mass is 127. The van der Waals surface area contributed by atoms with Crippen LogP contribution >= 0.6 is 22.6 Å². The lowest BCUT2D eigenvalue weighted by molar-refractivity contribution is -0.135. The second-order valence-corrected chi connectivity index (χ2v) is 4.98. The molecule has 1 saturated carbocycles. The van der Waals surface area contributed by atoms with Crippen molar-refractivity contribution in [3.8, 4) is 0 Å². The summed E-state index contributed by atoms with van der Waals surface area (Å²) >= 11 is 1.95. The fourth-order valence-electron chi connectivity index (χ4n) is 1.71. The van der Waals surface area contributed by atoms with Gasteiger partial charge in [-0.1, -0.05) is 35.4 Å². The lowest BCUT2D eigenvalue weighted by Gasteiger charge is -2.18. The Balaban J connectivity index is 2.31. The van der Waals surface area contributed by atoms with Crippen molar-refractivity contribution in [3.05, 3.63) is 0 Å². The van der Waals surface area contributed by atoms with Gasteiger partial charge < -0.3 is 0 Å². The molecule has 1 aliphatic rings. The van der Waals surface area contributed by atoms with Gasteiger partial charge in [-0.3, -0.25) is 0 Å². The van der Waals surface area contributed by atoms with Gasteiger partial charge in [0.25, 0.3) is 0 Å². The molecular weight excluding hydrogens is 280 g/mol. The molecule has 0 aromatic rings. The van der Waals surface area contributed by atoms with Crippen LogP contribution in [-0.4, -0.2) is 10.1 Å². The van der Waals surface area contributed by atoms with Crippen LogP contribution in [0.3, 0.4) is 0 Å². The molecule has 0 aromatic carbocycles. The Morgan fingerprint density at radius 3 is 2.17 bits per heavy atom. The van der Waals surface area contributed by atoms with Crippen molar-refractivity contribution in [1.82, 2.24) is 0 Å². The maximum Gasteiger partial charge on any atom is 0.390 e. The maximum absolute atomic E-state index is 12.0. The van der Waals surface area contributed by atoms with Crippen LogP contribution in [0.15, 0.2) is 0 Å². The van der Waals surface area contributed by atoms with Gasteiger partial charge in [-0.05, 0) is 18.8 Å². The molecule has 0 amide bonds. The van der Waals surface area contributed by atoms with Crippen molar-refractivity contribution < 1.29 is 13.2 Å². The van der Waals surface area contributed by atoms with E-state index in [0.717, 1.165) is 25.7 Å². The van der Waals surface area contributed by atoms with E-state index < -0.39 is 12.6 Å². The zero-order chi connectivity index (χ0) is 9.19. The summed E-state index contributed by atoms with van der Waals surface area (Å²) in [5.41, 5.74) is 0. The highest BCUT2D eigenvalue weighted by molar-refractivity contribution is 14.1. The van der Waals surface area contributed by atoms with Crippen LogP contribution in [-0.2, 0) is 0 Å². The second-order valence-electron chi connectivity index (χ2n) is 3.38. The van der Waals surface area contributed by atoms with Gasteiger partial charge in [0, 0.05) is 3.92 Å². The standard InChI is InChI=1S/C8H12F3I/c9-8(10,11)5-7(12)6-3-1-2-4-6/h6-7H,1-5H2. The summed E-state index contributed by atoms with van der Waals surface area (Å²) in [5, 5.41) is 0. The van der Waals surface area contributed by atoms with E-state index in [-0.39, 0.29) is 3.92 Å². The Morgan fingerprint density at radius 2 is 1.75 bits per heavy atom. The van der Waals surface area contributed by atoms with E-state index in [9.17, 15) is 13.2 Å². The predicted molar refractivity (Wildman–Crippen MR) is 50.4 cm³/mol. The minimum absolute atomic E-state index is 0.204. The minimum atomic E-state index is -3.98. The third-order valence-corrected chi connectivity index (χ3v) is 3.80. The van der Waals surface area contributed by atoms with Gasteiger partial charge in [-0.15, -0.1) is 0 Å². The van der Waals surface area contributed by atoms with Crippen molar-refractivity contribution >= 4 is 22.6 Å². The number of hydrogen-bond donors (Lipinski definition) is 0. The Morgan fingerprint density at radius 1 is 1.25 bits per heavy atom. The third kappa shape index (κ3) is 3.49. The fraction of sp³-hybridized carbons (Fsp3) is 1.00. The van der Waals surface area contributed by atoms with E-state index in [2.05, 4.69) is 0 Å². The van der Waals surface area contributed by atoms with E-state index in [4.69, 9.17) is 0 Å². The molecule has 1 fully saturated rings. The summed E-state index contributed by atoms with van der Waals surface area (Å²) in [4.78, 5) is 0. The number of hydrogen-bond acceptors (Lipinski definition) is 0. The molecule has 0 aliphatic heterocycles. The van der Waals surface area contributed by atoms with Crippen molar-refractivity contribution in [2.24, 2.45) is 5.92 Å². The predicted octanol–water partition coefficient (Wildman–Crippen LogP) is 3.93. The average molecular weight is 292 g/mol. The molecule has 0 aromatic heterocycles. The molecule has 0 heterocycles. The van der Waals surface area contributed by atoms with Crippen molar-refractivity contribution in [1.29, 1.82) is 0 Å². The van der Waals surface area contributed by atoms with Crippen LogP contribution in [0.1, 0.15) is 32.1 Å². The summed E-state index contributed by atoms with van der Waals surface area (Å²) in [6, 6.07) is 0. The SMILES string of the molecule is FC(F)(F)CC(I)C1CCCC1. The van der Waals surface area contributed by atoms with Crippen LogP contribution < -0.4 is 0 Å². The number of halogens is 4. The molecule has 1 rings (SSSR count). The van der Waals surface area contributed by atoms with Crippen LogP contribution in [0.2, 0.25) is 0 Å². The van der Waals surface area contributed by atoms with Crippen molar-refractivity contribution in [2.75, 3.05) is 0 Å². The highest BCUT2D eigenvalue weighted by Gasteiger charge is 2.34. The summed E-state index contributed by atoms with van der Waals surface area (Å²) in [5.74, 6) is 0.312. The third-order valence-electron chi connectivity index (χ3n) is 2.34. The molecular formula is C8H12F3I. The zero-order valence-electron chi connectivity index (χ0n) is 6.70. The van der Waals surface area contributed by atoms with Gasteiger partial charge >= 0.3 is 6.18 Å². The first-order chi connectivity index (χ1) is 5.49. The molecule has 1 atom stereocenters.